The maximum atomic E-state index is 12.4. The van der Waals surface area contributed by atoms with Crippen LogP contribution in [0.5, 0.6) is 5.75 Å². The zero-order valence-electron chi connectivity index (χ0n) is 17.7. The van der Waals surface area contributed by atoms with Crippen molar-refractivity contribution in [3.05, 3.63) is 59.7 Å². The number of rotatable bonds is 7. The Labute approximate surface area is 182 Å². The van der Waals surface area contributed by atoms with Gasteiger partial charge in [0.2, 0.25) is 5.91 Å². The number of nitrogens with one attached hydrogen (secondary N) is 1. The molecule has 0 aliphatic carbocycles. The number of likely N-dealkylation sites (tertiary alicyclic amines) is 1. The van der Waals surface area contributed by atoms with Gasteiger partial charge in [0.25, 0.3) is 11.8 Å². The van der Waals surface area contributed by atoms with E-state index in [-0.39, 0.29) is 36.8 Å². The van der Waals surface area contributed by atoms with Crippen LogP contribution in [0.1, 0.15) is 46.4 Å². The topological polar surface area (TPSA) is 79.0 Å². The molecule has 0 unspecified atom stereocenters. The number of carbonyl (C=O) groups excluding carboxylic acids is 3. The first-order valence-corrected chi connectivity index (χ1v) is 10.7. The summed E-state index contributed by atoms with van der Waals surface area (Å²) in [6.45, 7) is 2.31. The molecule has 2 aliphatic rings. The number of imide groups is 1. The van der Waals surface area contributed by atoms with E-state index in [1.807, 2.05) is 24.3 Å². The lowest BCUT2D eigenvalue weighted by molar-refractivity contribution is -0.116. The van der Waals surface area contributed by atoms with Crippen molar-refractivity contribution in [2.45, 2.75) is 31.8 Å². The van der Waals surface area contributed by atoms with Crippen molar-refractivity contribution in [1.29, 1.82) is 0 Å². The Morgan fingerprint density at radius 2 is 1.61 bits per heavy atom. The number of amides is 3. The first kappa shape index (κ1) is 21.1. The Morgan fingerprint density at radius 1 is 1.00 bits per heavy atom. The van der Waals surface area contributed by atoms with Crippen molar-refractivity contribution in [2.75, 3.05) is 32.0 Å². The normalized spacial score (nSPS) is 17.0. The number of ether oxygens (including phenoxy) is 1. The lowest BCUT2D eigenvalue weighted by atomic mass is 10.1. The molecule has 0 aromatic heterocycles. The molecule has 1 N–H and O–H groups in total. The molecule has 2 aliphatic heterocycles. The number of hydrogen-bond donors (Lipinski definition) is 1. The Balaban J connectivity index is 1.21. The molecule has 162 valence electrons. The molecule has 1 saturated heterocycles. The van der Waals surface area contributed by atoms with Gasteiger partial charge in [-0.15, -0.1) is 0 Å². The molecule has 2 heterocycles. The van der Waals surface area contributed by atoms with E-state index >= 15 is 0 Å². The van der Waals surface area contributed by atoms with Gasteiger partial charge >= 0.3 is 0 Å². The lowest BCUT2D eigenvalue weighted by Crippen LogP contribution is -2.35. The fourth-order valence-corrected chi connectivity index (χ4v) is 3.98. The molecule has 2 aromatic carbocycles. The number of nitrogens with zero attached hydrogens (tertiary/aromatic N) is 2. The summed E-state index contributed by atoms with van der Waals surface area (Å²) in [7, 11) is 2.12. The second-order valence-corrected chi connectivity index (χ2v) is 8.10. The van der Waals surface area contributed by atoms with E-state index in [0.717, 1.165) is 31.7 Å². The van der Waals surface area contributed by atoms with Crippen LogP contribution in [-0.2, 0) is 4.79 Å². The maximum Gasteiger partial charge on any atom is 0.261 e. The molecular weight excluding hydrogens is 394 g/mol. The van der Waals surface area contributed by atoms with Crippen molar-refractivity contribution in [1.82, 2.24) is 9.80 Å². The van der Waals surface area contributed by atoms with Gasteiger partial charge in [-0.05, 0) is 62.7 Å². The SMILES string of the molecule is CN1CCC(Oc2ccc(NC(=O)CCCN3C(=O)c4ccccc4C3=O)cc2)CC1. The van der Waals surface area contributed by atoms with E-state index in [1.165, 1.54) is 4.90 Å². The largest absolute Gasteiger partial charge is 0.490 e. The summed E-state index contributed by atoms with van der Waals surface area (Å²) in [5, 5.41) is 2.85. The summed E-state index contributed by atoms with van der Waals surface area (Å²) in [5.74, 6) is 0.0705. The van der Waals surface area contributed by atoms with Gasteiger partial charge in [0.05, 0.1) is 11.1 Å². The van der Waals surface area contributed by atoms with Crippen LogP contribution >= 0.6 is 0 Å². The minimum Gasteiger partial charge on any atom is -0.490 e. The minimum absolute atomic E-state index is 0.152. The standard InChI is InChI=1S/C24H27N3O4/c1-26-15-12-19(13-16-26)31-18-10-8-17(9-11-18)25-22(28)7-4-14-27-23(29)20-5-2-3-6-21(20)24(27)30/h2-3,5-6,8-11,19H,4,7,12-16H2,1H3,(H,25,28). The molecule has 0 radical (unpaired) electrons. The second-order valence-electron chi connectivity index (χ2n) is 8.10. The third-order valence-corrected chi connectivity index (χ3v) is 5.77. The third kappa shape index (κ3) is 4.94. The van der Waals surface area contributed by atoms with Gasteiger partial charge in [-0.2, -0.15) is 0 Å². The molecular formula is C24H27N3O4. The molecule has 2 aromatic rings. The first-order chi connectivity index (χ1) is 15.0. The number of hydrogen-bond acceptors (Lipinski definition) is 5. The van der Waals surface area contributed by atoms with E-state index in [2.05, 4.69) is 17.3 Å². The predicted molar refractivity (Wildman–Crippen MR) is 117 cm³/mol. The molecule has 31 heavy (non-hydrogen) atoms. The van der Waals surface area contributed by atoms with Gasteiger partial charge in [-0.1, -0.05) is 12.1 Å². The van der Waals surface area contributed by atoms with E-state index in [4.69, 9.17) is 4.74 Å². The zero-order valence-corrected chi connectivity index (χ0v) is 17.7. The van der Waals surface area contributed by atoms with Crippen molar-refractivity contribution in [3.8, 4) is 5.75 Å². The van der Waals surface area contributed by atoms with Crippen LogP contribution < -0.4 is 10.1 Å². The highest BCUT2D eigenvalue weighted by Gasteiger charge is 2.34. The number of fused-ring (bicyclic) bond motifs is 1. The highest BCUT2D eigenvalue weighted by Crippen LogP contribution is 2.23. The molecule has 1 fully saturated rings. The van der Waals surface area contributed by atoms with Crippen molar-refractivity contribution >= 4 is 23.4 Å². The summed E-state index contributed by atoms with van der Waals surface area (Å²) in [5.41, 5.74) is 1.56. The number of anilines is 1. The summed E-state index contributed by atoms with van der Waals surface area (Å²) in [6.07, 6.45) is 2.90. The monoisotopic (exact) mass is 421 g/mol. The Hall–Kier alpha value is -3.19. The summed E-state index contributed by atoms with van der Waals surface area (Å²) < 4.78 is 6.02. The Morgan fingerprint density at radius 3 is 2.23 bits per heavy atom. The molecule has 0 atom stereocenters. The van der Waals surface area contributed by atoms with Gasteiger partial charge in [-0.25, -0.2) is 0 Å². The number of benzene rings is 2. The number of carbonyl (C=O) groups is 3. The minimum atomic E-state index is -0.291. The molecule has 0 spiro atoms. The number of piperidine rings is 1. The molecule has 4 rings (SSSR count). The fraction of sp³-hybridized carbons (Fsp3) is 0.375. The zero-order chi connectivity index (χ0) is 21.8. The smallest absolute Gasteiger partial charge is 0.261 e. The van der Waals surface area contributed by atoms with Gasteiger partial charge in [0.1, 0.15) is 11.9 Å². The average Bonchev–Trinajstić information content (AvgIpc) is 3.02. The highest BCUT2D eigenvalue weighted by atomic mass is 16.5. The van der Waals surface area contributed by atoms with E-state index in [1.54, 1.807) is 24.3 Å². The summed E-state index contributed by atoms with van der Waals surface area (Å²) in [6, 6.07) is 14.2. The average molecular weight is 421 g/mol. The highest BCUT2D eigenvalue weighted by molar-refractivity contribution is 6.21. The molecule has 0 saturated carbocycles. The van der Waals surface area contributed by atoms with Crippen LogP contribution in [0.2, 0.25) is 0 Å². The lowest BCUT2D eigenvalue weighted by Gasteiger charge is -2.29. The van der Waals surface area contributed by atoms with Crippen LogP contribution in [0, 0.1) is 0 Å². The predicted octanol–water partition coefficient (Wildman–Crippen LogP) is 3.17. The van der Waals surface area contributed by atoms with Crippen LogP contribution in [0.3, 0.4) is 0 Å². The first-order valence-electron chi connectivity index (χ1n) is 10.7. The van der Waals surface area contributed by atoms with Gasteiger partial charge in [0.15, 0.2) is 0 Å². The maximum absolute atomic E-state index is 12.4. The Kier molecular flexibility index (Phi) is 6.32. The molecule has 7 nitrogen and oxygen atoms in total. The van der Waals surface area contributed by atoms with Crippen molar-refractivity contribution in [2.24, 2.45) is 0 Å². The van der Waals surface area contributed by atoms with Gasteiger partial charge in [0, 0.05) is 31.7 Å². The van der Waals surface area contributed by atoms with E-state index < -0.39 is 0 Å². The molecule has 3 amide bonds. The quantitative estimate of drug-likeness (QED) is 0.695. The van der Waals surface area contributed by atoms with Gasteiger partial charge in [-0.3, -0.25) is 19.3 Å². The van der Waals surface area contributed by atoms with Crippen LogP contribution in [0.4, 0.5) is 5.69 Å². The van der Waals surface area contributed by atoms with Crippen LogP contribution in [0.25, 0.3) is 0 Å². The summed E-state index contributed by atoms with van der Waals surface area (Å²) in [4.78, 5) is 40.5. The fourth-order valence-electron chi connectivity index (χ4n) is 3.98. The van der Waals surface area contributed by atoms with Gasteiger partial charge < -0.3 is 15.0 Å². The third-order valence-electron chi connectivity index (χ3n) is 5.77. The molecule has 0 bridgehead atoms. The van der Waals surface area contributed by atoms with E-state index in [9.17, 15) is 14.4 Å². The van der Waals surface area contributed by atoms with Crippen molar-refractivity contribution in [3.63, 3.8) is 0 Å². The van der Waals surface area contributed by atoms with E-state index in [0.29, 0.717) is 23.2 Å². The summed E-state index contributed by atoms with van der Waals surface area (Å²) >= 11 is 0. The Bertz CT molecular complexity index is 930. The van der Waals surface area contributed by atoms with Crippen LogP contribution in [-0.4, -0.2) is 60.3 Å². The second kappa shape index (κ2) is 9.31. The molecule has 7 heteroatoms. The van der Waals surface area contributed by atoms with Crippen molar-refractivity contribution < 1.29 is 19.1 Å². The van der Waals surface area contributed by atoms with Crippen LogP contribution in [0.15, 0.2) is 48.5 Å².